The first-order valence-electron chi connectivity index (χ1n) is 13.6. The van der Waals surface area contributed by atoms with Gasteiger partial charge < -0.3 is 0 Å². The van der Waals surface area contributed by atoms with Crippen LogP contribution in [0, 0.1) is 0 Å². The second-order valence-electron chi connectivity index (χ2n) is 9.67. The number of hydrogen-bond donors (Lipinski definition) is 0. The van der Waals surface area contributed by atoms with Crippen molar-refractivity contribution in [3.05, 3.63) is 0 Å². The predicted molar refractivity (Wildman–Crippen MR) is 131 cm³/mol. The van der Waals surface area contributed by atoms with Crippen LogP contribution in [-0.4, -0.2) is 42.0 Å². The number of likely N-dealkylation sites (N-methyl/N-ethyl adjacent to an activating group) is 1. The van der Waals surface area contributed by atoms with Crippen LogP contribution < -0.4 is 0 Å². The summed E-state index contributed by atoms with van der Waals surface area (Å²) in [5.41, 5.74) is 0. The maximum atomic E-state index is 2.56. The van der Waals surface area contributed by atoms with Crippen molar-refractivity contribution >= 4 is 5.84 Å². The van der Waals surface area contributed by atoms with Gasteiger partial charge in [-0.05, 0) is 12.8 Å². The van der Waals surface area contributed by atoms with E-state index >= 15 is 0 Å². The summed E-state index contributed by atoms with van der Waals surface area (Å²) in [6.07, 6.45) is 29.2. The zero-order valence-electron chi connectivity index (χ0n) is 20.7. The van der Waals surface area contributed by atoms with Gasteiger partial charge in [0.05, 0.1) is 13.6 Å². The first-order chi connectivity index (χ1) is 14.3. The lowest BCUT2D eigenvalue weighted by atomic mass is 10.0. The molecule has 0 saturated carbocycles. The zero-order valence-corrected chi connectivity index (χ0v) is 20.7. The fourth-order valence-electron chi connectivity index (χ4n) is 4.67. The minimum absolute atomic E-state index is 1.21. The molecule has 0 aromatic heterocycles. The van der Waals surface area contributed by atoms with Crippen molar-refractivity contribution in [3.8, 4) is 0 Å². The topological polar surface area (TPSA) is 6.25 Å². The molecule has 2 heteroatoms. The quantitative estimate of drug-likeness (QED) is 0.137. The Kier molecular flexibility index (Phi) is 17.8. The highest BCUT2D eigenvalue weighted by atomic mass is 15.3. The van der Waals surface area contributed by atoms with Crippen molar-refractivity contribution in [1.82, 2.24) is 4.90 Å². The molecule has 0 aromatic rings. The maximum absolute atomic E-state index is 2.56. The molecule has 0 aromatic carbocycles. The van der Waals surface area contributed by atoms with E-state index in [9.17, 15) is 0 Å². The van der Waals surface area contributed by atoms with Gasteiger partial charge in [-0.3, -0.25) is 9.48 Å². The summed E-state index contributed by atoms with van der Waals surface area (Å²) < 4.78 is 2.39. The molecule has 1 heterocycles. The smallest absolute Gasteiger partial charge is 0.243 e. The van der Waals surface area contributed by atoms with Crippen LogP contribution in [0.25, 0.3) is 0 Å². The number of rotatable bonds is 21. The SMILES string of the molecule is CCCCCCCCCCCCCCCCCCCCCCN1CC[N+](C)=C1C. The van der Waals surface area contributed by atoms with E-state index in [4.69, 9.17) is 0 Å². The van der Waals surface area contributed by atoms with Crippen LogP contribution in [-0.2, 0) is 0 Å². The molecule has 0 bridgehead atoms. The Labute approximate surface area is 184 Å². The normalized spacial score (nSPS) is 14.4. The second-order valence-corrected chi connectivity index (χ2v) is 9.67. The van der Waals surface area contributed by atoms with E-state index in [1.165, 1.54) is 154 Å². The van der Waals surface area contributed by atoms with Crippen LogP contribution in [0.5, 0.6) is 0 Å². The summed E-state index contributed by atoms with van der Waals surface area (Å²) in [7, 11) is 2.21. The van der Waals surface area contributed by atoms with Gasteiger partial charge >= 0.3 is 0 Å². The third-order valence-electron chi connectivity index (χ3n) is 7.00. The molecule has 1 aliphatic rings. The first kappa shape index (κ1) is 26.5. The zero-order chi connectivity index (χ0) is 21.0. The summed E-state index contributed by atoms with van der Waals surface area (Å²) in [6.45, 7) is 8.29. The minimum Gasteiger partial charge on any atom is -0.265 e. The highest BCUT2D eigenvalue weighted by Crippen LogP contribution is 2.15. The molecule has 0 radical (unpaired) electrons. The van der Waals surface area contributed by atoms with Gasteiger partial charge in [-0.15, -0.1) is 0 Å². The lowest BCUT2D eigenvalue weighted by molar-refractivity contribution is -0.487. The van der Waals surface area contributed by atoms with Crippen LogP contribution >= 0.6 is 0 Å². The first-order valence-corrected chi connectivity index (χ1v) is 13.6. The van der Waals surface area contributed by atoms with Gasteiger partial charge in [0.15, 0.2) is 0 Å². The minimum atomic E-state index is 1.21. The van der Waals surface area contributed by atoms with Crippen LogP contribution in [0.2, 0.25) is 0 Å². The van der Waals surface area contributed by atoms with E-state index in [0.717, 1.165) is 0 Å². The van der Waals surface area contributed by atoms with E-state index in [0.29, 0.717) is 0 Å². The number of hydrogen-bond acceptors (Lipinski definition) is 1. The van der Waals surface area contributed by atoms with Crippen molar-refractivity contribution in [2.45, 2.75) is 142 Å². The van der Waals surface area contributed by atoms with Crippen molar-refractivity contribution < 1.29 is 4.58 Å². The Morgan fingerprint density at radius 3 is 1.24 bits per heavy atom. The molecule has 0 N–H and O–H groups in total. The molecule has 172 valence electrons. The second kappa shape index (κ2) is 19.4. The fourth-order valence-corrected chi connectivity index (χ4v) is 4.67. The van der Waals surface area contributed by atoms with E-state index in [1.54, 1.807) is 0 Å². The summed E-state index contributed by atoms with van der Waals surface area (Å²) in [5.74, 6) is 1.47. The van der Waals surface area contributed by atoms with Crippen molar-refractivity contribution in [2.24, 2.45) is 0 Å². The van der Waals surface area contributed by atoms with Gasteiger partial charge in [0.2, 0.25) is 5.84 Å². The van der Waals surface area contributed by atoms with E-state index in [1.807, 2.05) is 0 Å². The summed E-state index contributed by atoms with van der Waals surface area (Å²) >= 11 is 0. The fraction of sp³-hybridized carbons (Fsp3) is 0.963. The molecule has 0 aliphatic carbocycles. The third kappa shape index (κ3) is 15.0. The molecule has 0 fully saturated rings. The van der Waals surface area contributed by atoms with E-state index in [-0.39, 0.29) is 0 Å². The Morgan fingerprint density at radius 1 is 0.586 bits per heavy atom. The molecule has 1 aliphatic heterocycles. The predicted octanol–water partition coefficient (Wildman–Crippen LogP) is 8.18. The standard InChI is InChI=1S/C27H55N2/c1-4-5-6-7-8-9-10-11-12-13-14-15-16-17-18-19-20-21-22-23-24-29-26-25-28(3)27(29)2/h4-26H2,1-3H3/q+1. The maximum Gasteiger partial charge on any atom is 0.243 e. The Bertz CT molecular complexity index is 388. The van der Waals surface area contributed by atoms with Gasteiger partial charge in [-0.1, -0.05) is 122 Å². The highest BCUT2D eigenvalue weighted by Gasteiger charge is 2.22. The molecule has 0 atom stereocenters. The average Bonchev–Trinajstić information content (AvgIpc) is 3.04. The van der Waals surface area contributed by atoms with Crippen molar-refractivity contribution in [1.29, 1.82) is 0 Å². The summed E-state index contributed by atoms with van der Waals surface area (Å²) in [5, 5.41) is 0. The Hall–Kier alpha value is -0.530. The molecule has 0 spiro atoms. The van der Waals surface area contributed by atoms with Crippen LogP contribution in [0.1, 0.15) is 142 Å². The van der Waals surface area contributed by atoms with Crippen LogP contribution in [0.4, 0.5) is 0 Å². The lowest BCUT2D eigenvalue weighted by Gasteiger charge is -2.10. The number of nitrogens with zero attached hydrogens (tertiary/aromatic N) is 2. The monoisotopic (exact) mass is 407 g/mol. The molecule has 0 saturated heterocycles. The van der Waals surface area contributed by atoms with E-state index in [2.05, 4.69) is 30.4 Å². The molecule has 29 heavy (non-hydrogen) atoms. The molecule has 2 nitrogen and oxygen atoms in total. The lowest BCUT2D eigenvalue weighted by Crippen LogP contribution is -2.27. The van der Waals surface area contributed by atoms with Gasteiger partial charge in [0.1, 0.15) is 13.1 Å². The number of unbranched alkanes of at least 4 members (excludes halogenated alkanes) is 19. The van der Waals surface area contributed by atoms with Gasteiger partial charge in [-0.25, -0.2) is 0 Å². The molecule has 1 rings (SSSR count). The summed E-state index contributed by atoms with van der Waals surface area (Å²) in [6, 6.07) is 0. The van der Waals surface area contributed by atoms with Gasteiger partial charge in [-0.2, -0.15) is 0 Å². The van der Waals surface area contributed by atoms with Crippen molar-refractivity contribution in [2.75, 3.05) is 26.7 Å². The van der Waals surface area contributed by atoms with Crippen LogP contribution in [0.15, 0.2) is 0 Å². The molecule has 0 amide bonds. The largest absolute Gasteiger partial charge is 0.265 e. The van der Waals surface area contributed by atoms with E-state index < -0.39 is 0 Å². The van der Waals surface area contributed by atoms with Gasteiger partial charge in [0, 0.05) is 6.92 Å². The van der Waals surface area contributed by atoms with Crippen molar-refractivity contribution in [3.63, 3.8) is 0 Å². The molecule has 0 unspecified atom stereocenters. The Balaban J connectivity index is 1.68. The van der Waals surface area contributed by atoms with Gasteiger partial charge in [0.25, 0.3) is 0 Å². The Morgan fingerprint density at radius 2 is 0.931 bits per heavy atom. The third-order valence-corrected chi connectivity index (χ3v) is 7.00. The average molecular weight is 408 g/mol. The highest BCUT2D eigenvalue weighted by molar-refractivity contribution is 5.75. The van der Waals surface area contributed by atoms with Crippen LogP contribution in [0.3, 0.4) is 0 Å². The summed E-state index contributed by atoms with van der Waals surface area (Å²) in [4.78, 5) is 2.56. The number of amidine groups is 1. The molecular formula is C27H55N2+. The molecular weight excluding hydrogens is 352 g/mol.